The van der Waals surface area contributed by atoms with Crippen molar-refractivity contribution in [1.82, 2.24) is 25.1 Å². The molecule has 0 fully saturated rings. The number of nitrogens with one attached hydrogen (secondary N) is 4. The third-order valence-corrected chi connectivity index (χ3v) is 11.9. The summed E-state index contributed by atoms with van der Waals surface area (Å²) in [5, 5.41) is 15.3. The standard InChI is InChI=1S/C43H48Cl2N8O9S/c1-5-18-61-30-10-7-11-31(22-30)62-38-24-37-36(51(3)43(57)52(37)4)23-35(38)50-63(58,59)32-12-6-9-28(20-32)42(56)47-17-19-60-26-40(55)46-16-8-13-39(54)48-41-27(2)25-53(49-41)29-14-15-33(44)34(45)21-29/h6-7,9-12,14-15,20-24,27,50H,5,8,13,16-19,25-26H2,1-4H3,(H,46,55)(H,47,56)(H,48,49,54). The molecule has 1 aliphatic rings. The Balaban J connectivity index is 0.960. The molecule has 1 atom stereocenters. The molecular formula is C43H48Cl2N8O9S. The van der Waals surface area contributed by atoms with E-state index in [2.05, 4.69) is 25.8 Å². The molecule has 4 N–H and O–H groups in total. The van der Waals surface area contributed by atoms with E-state index in [9.17, 15) is 27.6 Å². The highest BCUT2D eigenvalue weighted by atomic mass is 35.5. The number of hydrazone groups is 1. The van der Waals surface area contributed by atoms with Crippen molar-refractivity contribution in [2.45, 2.75) is 38.0 Å². The van der Waals surface area contributed by atoms with Crippen LogP contribution in [0.15, 0.2) is 93.7 Å². The molecule has 1 unspecified atom stereocenters. The van der Waals surface area contributed by atoms with Crippen molar-refractivity contribution in [3.8, 4) is 17.2 Å². The minimum atomic E-state index is -4.30. The highest BCUT2D eigenvalue weighted by Gasteiger charge is 2.26. The minimum Gasteiger partial charge on any atom is -0.493 e. The SMILES string of the molecule is CCCOc1cccc(Oc2cc3c(cc2NS(=O)(=O)c2cccc(C(=O)NCCOCC(=O)NCCCC(=O)NC4=NN(c5ccc(Cl)c(Cl)c5)CC4C)c2)n(C)c(=O)n3C)c1. The first-order valence-corrected chi connectivity index (χ1v) is 22.3. The molecule has 0 radical (unpaired) electrons. The van der Waals surface area contributed by atoms with Gasteiger partial charge in [-0.15, -0.1) is 0 Å². The van der Waals surface area contributed by atoms with E-state index in [4.69, 9.17) is 37.4 Å². The van der Waals surface area contributed by atoms with E-state index < -0.39 is 21.8 Å². The van der Waals surface area contributed by atoms with Crippen LogP contribution in [0.2, 0.25) is 10.0 Å². The first-order valence-electron chi connectivity index (χ1n) is 20.1. The minimum absolute atomic E-state index is 0.00152. The second-order valence-electron chi connectivity index (χ2n) is 14.7. The number of amides is 3. The number of amidine groups is 1. The van der Waals surface area contributed by atoms with Crippen molar-refractivity contribution in [1.29, 1.82) is 0 Å². The van der Waals surface area contributed by atoms with Crippen LogP contribution in [-0.2, 0) is 38.4 Å². The van der Waals surface area contributed by atoms with Crippen LogP contribution in [0.25, 0.3) is 11.0 Å². The third-order valence-electron chi connectivity index (χ3n) is 9.81. The third kappa shape index (κ3) is 11.9. The van der Waals surface area contributed by atoms with Crippen molar-refractivity contribution in [3.05, 3.63) is 105 Å². The van der Waals surface area contributed by atoms with Crippen LogP contribution in [0.1, 0.15) is 43.5 Å². The number of carbonyl (C=O) groups excluding carboxylic acids is 3. The van der Waals surface area contributed by atoms with Gasteiger partial charge in [0.05, 0.1) is 57.1 Å². The van der Waals surface area contributed by atoms with Gasteiger partial charge in [-0.3, -0.25) is 33.2 Å². The van der Waals surface area contributed by atoms with E-state index in [0.29, 0.717) is 58.0 Å². The number of fused-ring (bicyclic) bond motifs is 1. The molecule has 3 amide bonds. The summed E-state index contributed by atoms with van der Waals surface area (Å²) in [6.07, 6.45) is 1.36. The van der Waals surface area contributed by atoms with Crippen molar-refractivity contribution < 1.29 is 37.0 Å². The Hall–Kier alpha value is -6.08. The molecule has 1 aromatic heterocycles. The van der Waals surface area contributed by atoms with Crippen LogP contribution in [0.4, 0.5) is 11.4 Å². The Labute approximate surface area is 374 Å². The smallest absolute Gasteiger partial charge is 0.328 e. The summed E-state index contributed by atoms with van der Waals surface area (Å²) in [4.78, 5) is 50.5. The lowest BCUT2D eigenvalue weighted by Crippen LogP contribution is -2.35. The van der Waals surface area contributed by atoms with Gasteiger partial charge >= 0.3 is 5.69 Å². The maximum absolute atomic E-state index is 13.8. The lowest BCUT2D eigenvalue weighted by atomic mass is 10.1. The van der Waals surface area contributed by atoms with E-state index in [1.165, 1.54) is 39.5 Å². The van der Waals surface area contributed by atoms with Crippen LogP contribution in [-0.4, -0.2) is 80.6 Å². The van der Waals surface area contributed by atoms with Crippen LogP contribution < -0.4 is 40.8 Å². The number of carbonyl (C=O) groups is 3. The fourth-order valence-electron chi connectivity index (χ4n) is 6.48. The van der Waals surface area contributed by atoms with E-state index in [1.807, 2.05) is 13.8 Å². The highest BCUT2D eigenvalue weighted by Crippen LogP contribution is 2.36. The van der Waals surface area contributed by atoms with Gasteiger partial charge in [-0.2, -0.15) is 5.10 Å². The zero-order valence-electron chi connectivity index (χ0n) is 35.1. The molecule has 2 heterocycles. The number of anilines is 2. The zero-order valence-corrected chi connectivity index (χ0v) is 37.4. The van der Waals surface area contributed by atoms with Gasteiger partial charge in [-0.05, 0) is 67.4 Å². The Morgan fingerprint density at radius 1 is 0.857 bits per heavy atom. The number of imidazole rings is 1. The summed E-state index contributed by atoms with van der Waals surface area (Å²) < 4.78 is 50.3. The molecule has 0 aliphatic carbocycles. The maximum atomic E-state index is 13.8. The number of aryl methyl sites for hydroxylation is 2. The van der Waals surface area contributed by atoms with Crippen LogP contribution in [0.5, 0.6) is 17.2 Å². The Morgan fingerprint density at radius 3 is 2.37 bits per heavy atom. The number of benzene rings is 4. The predicted octanol–water partition coefficient (Wildman–Crippen LogP) is 5.79. The lowest BCUT2D eigenvalue weighted by Gasteiger charge is -2.15. The molecule has 17 nitrogen and oxygen atoms in total. The second-order valence-corrected chi connectivity index (χ2v) is 17.2. The average molecular weight is 924 g/mol. The van der Waals surface area contributed by atoms with E-state index in [0.717, 1.165) is 12.1 Å². The van der Waals surface area contributed by atoms with Crippen LogP contribution in [0.3, 0.4) is 0 Å². The molecule has 1 aliphatic heterocycles. The number of ether oxygens (including phenoxy) is 3. The summed E-state index contributed by atoms with van der Waals surface area (Å²) >= 11 is 12.2. The molecule has 4 aromatic carbocycles. The molecule has 5 aromatic rings. The second kappa shape index (κ2) is 20.9. The fraction of sp³-hybridized carbons (Fsp3) is 0.326. The molecule has 334 valence electrons. The largest absolute Gasteiger partial charge is 0.493 e. The number of rotatable bonds is 19. The number of hydrogen-bond acceptors (Lipinski definition) is 11. The number of sulfonamides is 1. The molecule has 0 saturated carbocycles. The van der Waals surface area contributed by atoms with Crippen LogP contribution >= 0.6 is 23.2 Å². The summed E-state index contributed by atoms with van der Waals surface area (Å²) in [6, 6.07) is 20.7. The van der Waals surface area contributed by atoms with E-state index >= 15 is 0 Å². The van der Waals surface area contributed by atoms with E-state index in [-0.39, 0.29) is 72.1 Å². The van der Waals surface area contributed by atoms with Crippen molar-refractivity contribution in [2.75, 3.05) is 49.2 Å². The van der Waals surface area contributed by atoms with Gasteiger partial charge in [0, 0.05) is 57.2 Å². The summed E-state index contributed by atoms with van der Waals surface area (Å²) in [5.74, 6) is 0.413. The number of halogens is 2. The monoisotopic (exact) mass is 922 g/mol. The van der Waals surface area contributed by atoms with Crippen molar-refractivity contribution >= 4 is 79.2 Å². The van der Waals surface area contributed by atoms with Gasteiger partial charge in [-0.25, -0.2) is 13.2 Å². The first-order chi connectivity index (χ1) is 30.1. The van der Waals surface area contributed by atoms with Gasteiger partial charge in [0.2, 0.25) is 11.8 Å². The molecule has 0 saturated heterocycles. The molecular weight excluding hydrogens is 875 g/mol. The Bertz CT molecular complexity index is 2700. The molecule has 63 heavy (non-hydrogen) atoms. The number of aromatic nitrogens is 2. The van der Waals surface area contributed by atoms with Gasteiger partial charge < -0.3 is 30.2 Å². The fourth-order valence-corrected chi connectivity index (χ4v) is 7.88. The Kier molecular flexibility index (Phi) is 15.4. The summed E-state index contributed by atoms with van der Waals surface area (Å²) in [6.45, 7) is 5.01. The quantitative estimate of drug-likeness (QED) is 0.0734. The molecule has 0 bridgehead atoms. The molecule has 20 heteroatoms. The number of hydrogen-bond donors (Lipinski definition) is 4. The summed E-state index contributed by atoms with van der Waals surface area (Å²) in [5.41, 5.74) is 1.55. The molecule has 6 rings (SSSR count). The maximum Gasteiger partial charge on any atom is 0.328 e. The predicted molar refractivity (Wildman–Crippen MR) is 242 cm³/mol. The summed E-state index contributed by atoms with van der Waals surface area (Å²) in [7, 11) is -1.11. The average Bonchev–Trinajstić information content (AvgIpc) is 3.72. The van der Waals surface area contributed by atoms with Crippen molar-refractivity contribution in [3.63, 3.8) is 0 Å². The van der Waals surface area contributed by atoms with Crippen molar-refractivity contribution in [2.24, 2.45) is 25.1 Å². The van der Waals surface area contributed by atoms with Crippen LogP contribution in [0, 0.1) is 5.92 Å². The molecule has 0 spiro atoms. The zero-order chi connectivity index (χ0) is 45.3. The topological polar surface area (TPSA) is 204 Å². The normalized spacial score (nSPS) is 13.7. The number of nitrogens with zero attached hydrogens (tertiary/aromatic N) is 4. The van der Waals surface area contributed by atoms with E-state index in [1.54, 1.807) is 67.6 Å². The van der Waals surface area contributed by atoms with Gasteiger partial charge in [0.15, 0.2) is 5.75 Å². The Morgan fingerprint density at radius 2 is 1.60 bits per heavy atom. The lowest BCUT2D eigenvalue weighted by molar-refractivity contribution is -0.126. The first kappa shape index (κ1) is 46.4. The van der Waals surface area contributed by atoms with Gasteiger partial charge in [0.1, 0.15) is 23.9 Å². The van der Waals surface area contributed by atoms with Gasteiger partial charge in [-0.1, -0.05) is 49.2 Å². The highest BCUT2D eigenvalue weighted by molar-refractivity contribution is 7.92. The van der Waals surface area contributed by atoms with Gasteiger partial charge in [0.25, 0.3) is 15.9 Å².